The molecule has 0 aliphatic carbocycles. The number of rotatable bonds is 10. The predicted molar refractivity (Wildman–Crippen MR) is 117 cm³/mol. The largest absolute Gasteiger partial charge is 0.496 e. The van der Waals surface area contributed by atoms with Crippen LogP contribution in [0.5, 0.6) is 23.0 Å². The van der Waals surface area contributed by atoms with E-state index >= 15 is 0 Å². The van der Waals surface area contributed by atoms with Crippen molar-refractivity contribution in [1.29, 1.82) is 0 Å². The number of nitrogens with one attached hydrogen (secondary N) is 2. The van der Waals surface area contributed by atoms with Gasteiger partial charge in [-0.15, -0.1) is 0 Å². The summed E-state index contributed by atoms with van der Waals surface area (Å²) in [6.45, 7) is 0. The van der Waals surface area contributed by atoms with Crippen LogP contribution in [-0.4, -0.2) is 45.4 Å². The summed E-state index contributed by atoms with van der Waals surface area (Å²) in [5.74, 6) is 0.534. The number of anilines is 2. The van der Waals surface area contributed by atoms with Crippen LogP contribution in [0.2, 0.25) is 0 Å². The summed E-state index contributed by atoms with van der Waals surface area (Å²) in [5.41, 5.74) is 1.55. The fraction of sp³-hybridized carbons (Fsp3) is 0.182. The minimum absolute atomic E-state index is 0.392. The van der Waals surface area contributed by atoms with Crippen LogP contribution in [0.1, 0.15) is 5.56 Å². The van der Waals surface area contributed by atoms with E-state index in [9.17, 15) is 9.59 Å². The molecule has 0 aliphatic heterocycles. The van der Waals surface area contributed by atoms with Gasteiger partial charge in [0.25, 0.3) is 0 Å². The van der Waals surface area contributed by atoms with Crippen LogP contribution in [0.3, 0.4) is 0 Å². The number of hydrogen-bond donors (Lipinski definition) is 3. The van der Waals surface area contributed by atoms with Crippen molar-refractivity contribution >= 4 is 29.3 Å². The number of carbonyl (C=O) groups is 2. The minimum atomic E-state index is -1.09. The Bertz CT molecular complexity index is 974. The zero-order chi connectivity index (χ0) is 22.8. The van der Waals surface area contributed by atoms with Crippen molar-refractivity contribution in [2.24, 2.45) is 0 Å². The molecule has 9 nitrogen and oxygen atoms in total. The Morgan fingerprint density at radius 1 is 0.871 bits per heavy atom. The van der Waals surface area contributed by atoms with Gasteiger partial charge >= 0.3 is 5.97 Å². The Morgan fingerprint density at radius 2 is 1.52 bits per heavy atom. The molecule has 0 saturated carbocycles. The molecule has 1 amide bonds. The molecule has 0 heterocycles. The standard InChI is InChI=1S/C22H24N2O7/c1-28-15-12-19(30-3)16(20(13-15)31-4)6-8-21(25)24-14-5-7-18(29-2)17(11-14)23-10-9-22(26)27/h5-13,23H,1-4H3,(H,24,25)(H,26,27)/b8-6+,10-9+. The Labute approximate surface area is 179 Å². The first-order valence-corrected chi connectivity index (χ1v) is 9.05. The number of carbonyl (C=O) groups excluding carboxylic acids is 1. The van der Waals surface area contributed by atoms with E-state index < -0.39 is 11.9 Å². The van der Waals surface area contributed by atoms with Crippen molar-refractivity contribution in [2.45, 2.75) is 0 Å². The summed E-state index contributed by atoms with van der Waals surface area (Å²) < 4.78 is 21.2. The van der Waals surface area contributed by atoms with E-state index in [2.05, 4.69) is 10.6 Å². The second-order valence-corrected chi connectivity index (χ2v) is 6.00. The van der Waals surface area contributed by atoms with Gasteiger partial charge in [-0.1, -0.05) is 0 Å². The van der Waals surface area contributed by atoms with E-state index in [-0.39, 0.29) is 0 Å². The Balaban J connectivity index is 2.21. The van der Waals surface area contributed by atoms with Crippen molar-refractivity contribution in [3.8, 4) is 23.0 Å². The minimum Gasteiger partial charge on any atom is -0.496 e. The lowest BCUT2D eigenvalue weighted by molar-refractivity contribution is -0.131. The average Bonchev–Trinajstić information content (AvgIpc) is 2.77. The van der Waals surface area contributed by atoms with Crippen LogP contribution in [-0.2, 0) is 9.59 Å². The summed E-state index contributed by atoms with van der Waals surface area (Å²) in [5, 5.41) is 14.2. The summed E-state index contributed by atoms with van der Waals surface area (Å²) in [6, 6.07) is 8.29. The topological polar surface area (TPSA) is 115 Å². The monoisotopic (exact) mass is 428 g/mol. The Morgan fingerprint density at radius 3 is 2.06 bits per heavy atom. The quantitative estimate of drug-likeness (QED) is 0.494. The zero-order valence-electron chi connectivity index (χ0n) is 17.6. The van der Waals surface area contributed by atoms with Crippen molar-refractivity contribution < 1.29 is 33.6 Å². The molecule has 0 bridgehead atoms. The lowest BCUT2D eigenvalue weighted by Gasteiger charge is -2.13. The van der Waals surface area contributed by atoms with Gasteiger partial charge in [-0.05, 0) is 24.3 Å². The molecule has 31 heavy (non-hydrogen) atoms. The molecule has 2 aromatic carbocycles. The highest BCUT2D eigenvalue weighted by Gasteiger charge is 2.11. The number of aliphatic carboxylic acids is 1. The third kappa shape index (κ3) is 6.43. The molecule has 0 spiro atoms. The number of hydrogen-bond acceptors (Lipinski definition) is 7. The van der Waals surface area contributed by atoms with Gasteiger partial charge in [-0.3, -0.25) is 4.79 Å². The number of amides is 1. The van der Waals surface area contributed by atoms with Gasteiger partial charge < -0.3 is 34.7 Å². The second-order valence-electron chi connectivity index (χ2n) is 6.00. The van der Waals surface area contributed by atoms with Crippen LogP contribution in [0, 0.1) is 0 Å². The molecular weight excluding hydrogens is 404 g/mol. The maximum absolute atomic E-state index is 12.4. The van der Waals surface area contributed by atoms with Crippen molar-refractivity contribution in [3.05, 3.63) is 54.2 Å². The fourth-order valence-electron chi connectivity index (χ4n) is 2.64. The number of benzene rings is 2. The molecular formula is C22H24N2O7. The van der Waals surface area contributed by atoms with Crippen LogP contribution in [0.15, 0.2) is 48.7 Å². The van der Waals surface area contributed by atoms with E-state index in [0.717, 1.165) is 6.08 Å². The number of ether oxygens (including phenoxy) is 4. The maximum atomic E-state index is 12.4. The lowest BCUT2D eigenvalue weighted by atomic mass is 10.1. The molecule has 2 rings (SSSR count). The zero-order valence-corrected chi connectivity index (χ0v) is 17.6. The van der Waals surface area contributed by atoms with Crippen LogP contribution in [0.4, 0.5) is 11.4 Å². The second kappa shape index (κ2) is 11.1. The van der Waals surface area contributed by atoms with Crippen molar-refractivity contribution in [1.82, 2.24) is 0 Å². The van der Waals surface area contributed by atoms with Gasteiger partial charge in [0.1, 0.15) is 23.0 Å². The van der Waals surface area contributed by atoms with E-state index in [1.165, 1.54) is 40.7 Å². The van der Waals surface area contributed by atoms with Gasteiger partial charge in [0, 0.05) is 36.2 Å². The SMILES string of the molecule is COc1cc(OC)c(/C=C/C(=O)Nc2ccc(OC)c(N/C=C/C(=O)O)c2)c(OC)c1. The van der Waals surface area contributed by atoms with Gasteiger partial charge in [0.15, 0.2) is 0 Å². The third-order valence-corrected chi connectivity index (χ3v) is 4.09. The first kappa shape index (κ1) is 23.1. The fourth-order valence-corrected chi connectivity index (χ4v) is 2.64. The smallest absolute Gasteiger partial charge is 0.329 e. The molecule has 0 aliphatic rings. The molecule has 0 radical (unpaired) electrons. The van der Waals surface area contributed by atoms with E-state index in [4.69, 9.17) is 24.1 Å². The molecule has 2 aromatic rings. The van der Waals surface area contributed by atoms with Gasteiger partial charge in [-0.2, -0.15) is 0 Å². The first-order valence-electron chi connectivity index (χ1n) is 9.05. The molecule has 0 aromatic heterocycles. The summed E-state index contributed by atoms with van der Waals surface area (Å²) in [4.78, 5) is 23.1. The molecule has 0 saturated heterocycles. The molecule has 0 atom stereocenters. The number of carboxylic acid groups (broad SMARTS) is 1. The highest BCUT2D eigenvalue weighted by molar-refractivity contribution is 6.02. The molecule has 0 unspecified atom stereocenters. The van der Waals surface area contributed by atoms with E-state index in [0.29, 0.717) is 39.9 Å². The Kier molecular flexibility index (Phi) is 8.32. The van der Waals surface area contributed by atoms with Crippen LogP contribution in [0.25, 0.3) is 6.08 Å². The Hall–Kier alpha value is -4.14. The highest BCUT2D eigenvalue weighted by atomic mass is 16.5. The molecule has 0 fully saturated rings. The van der Waals surface area contributed by atoms with E-state index in [1.54, 1.807) is 36.4 Å². The number of carboxylic acids is 1. The van der Waals surface area contributed by atoms with Crippen molar-refractivity contribution in [2.75, 3.05) is 39.1 Å². The third-order valence-electron chi connectivity index (χ3n) is 4.09. The van der Waals surface area contributed by atoms with Crippen LogP contribution >= 0.6 is 0 Å². The normalized spacial score (nSPS) is 10.7. The molecule has 3 N–H and O–H groups in total. The number of methoxy groups -OCH3 is 4. The van der Waals surface area contributed by atoms with Crippen LogP contribution < -0.4 is 29.6 Å². The summed E-state index contributed by atoms with van der Waals surface area (Å²) in [6.07, 6.45) is 5.12. The molecule has 164 valence electrons. The highest BCUT2D eigenvalue weighted by Crippen LogP contribution is 2.35. The lowest BCUT2D eigenvalue weighted by Crippen LogP contribution is -2.08. The summed E-state index contributed by atoms with van der Waals surface area (Å²) >= 11 is 0. The van der Waals surface area contributed by atoms with Gasteiger partial charge in [-0.25, -0.2) is 4.79 Å². The van der Waals surface area contributed by atoms with Crippen molar-refractivity contribution in [3.63, 3.8) is 0 Å². The predicted octanol–water partition coefficient (Wildman–Crippen LogP) is 3.38. The van der Waals surface area contributed by atoms with Gasteiger partial charge in [0.05, 0.1) is 39.7 Å². The average molecular weight is 428 g/mol. The van der Waals surface area contributed by atoms with E-state index in [1.807, 2.05) is 0 Å². The molecule has 9 heteroatoms. The summed E-state index contributed by atoms with van der Waals surface area (Å²) in [7, 11) is 6.04. The van der Waals surface area contributed by atoms with Gasteiger partial charge in [0.2, 0.25) is 5.91 Å². The maximum Gasteiger partial charge on any atom is 0.329 e. The first-order chi connectivity index (χ1) is 14.9.